The van der Waals surface area contributed by atoms with Crippen molar-refractivity contribution >= 4 is 22.4 Å². The van der Waals surface area contributed by atoms with Crippen molar-refractivity contribution in [1.82, 2.24) is 19.9 Å². The van der Waals surface area contributed by atoms with Gasteiger partial charge in [0, 0.05) is 41.4 Å². The van der Waals surface area contributed by atoms with Crippen molar-refractivity contribution in [2.24, 2.45) is 0 Å². The molecule has 0 amide bonds. The largest absolute Gasteiger partial charge is 0.325 e. The lowest BCUT2D eigenvalue weighted by molar-refractivity contribution is 0.687. The van der Waals surface area contributed by atoms with Gasteiger partial charge in [-0.2, -0.15) is 0 Å². The summed E-state index contributed by atoms with van der Waals surface area (Å²) >= 11 is 1.72. The van der Waals surface area contributed by atoms with Gasteiger partial charge in [-0.3, -0.25) is 0 Å². The first-order valence-electron chi connectivity index (χ1n) is 7.37. The lowest BCUT2D eigenvalue weighted by Crippen LogP contribution is -2.14. The summed E-state index contributed by atoms with van der Waals surface area (Å²) in [6.07, 6.45) is 6.72. The molecule has 1 aliphatic carbocycles. The fourth-order valence-electron chi connectivity index (χ4n) is 2.62. The Hall–Kier alpha value is -1.72. The SMILES string of the molecule is Cc1csc(Cn2cc(CNC3CC3)c3cccnc32)n1. The highest BCUT2D eigenvalue weighted by Crippen LogP contribution is 2.24. The summed E-state index contributed by atoms with van der Waals surface area (Å²) in [5.74, 6) is 0. The predicted molar refractivity (Wildman–Crippen MR) is 85.5 cm³/mol. The predicted octanol–water partition coefficient (Wildman–Crippen LogP) is 3.10. The molecule has 1 aliphatic rings. The second-order valence-electron chi connectivity index (χ2n) is 5.69. The molecule has 1 saturated carbocycles. The minimum atomic E-state index is 0.724. The summed E-state index contributed by atoms with van der Waals surface area (Å²) in [6, 6.07) is 4.90. The van der Waals surface area contributed by atoms with Gasteiger partial charge in [-0.25, -0.2) is 9.97 Å². The fraction of sp³-hybridized carbons (Fsp3) is 0.375. The van der Waals surface area contributed by atoms with E-state index in [-0.39, 0.29) is 0 Å². The van der Waals surface area contributed by atoms with E-state index in [2.05, 4.69) is 37.5 Å². The number of rotatable bonds is 5. The standard InChI is InChI=1S/C16H18N4S/c1-11-10-21-15(19-11)9-20-8-12(7-18-13-4-5-13)14-3-2-6-17-16(14)20/h2-3,6,8,10,13,18H,4-5,7,9H2,1H3. The van der Waals surface area contributed by atoms with Crippen LogP contribution in [0.15, 0.2) is 29.9 Å². The van der Waals surface area contributed by atoms with E-state index in [4.69, 9.17) is 0 Å². The third kappa shape index (κ3) is 2.71. The van der Waals surface area contributed by atoms with Crippen LogP contribution in [0.3, 0.4) is 0 Å². The van der Waals surface area contributed by atoms with Gasteiger partial charge in [0.25, 0.3) is 0 Å². The molecule has 1 N–H and O–H groups in total. The Kier molecular flexibility index (Phi) is 3.24. The van der Waals surface area contributed by atoms with E-state index in [1.54, 1.807) is 11.3 Å². The zero-order valence-electron chi connectivity index (χ0n) is 12.0. The van der Waals surface area contributed by atoms with Crippen molar-refractivity contribution in [3.63, 3.8) is 0 Å². The molecule has 5 heteroatoms. The number of aromatic nitrogens is 3. The first-order valence-corrected chi connectivity index (χ1v) is 8.25. The Labute approximate surface area is 127 Å². The van der Waals surface area contributed by atoms with Gasteiger partial charge >= 0.3 is 0 Å². The Morgan fingerprint density at radius 1 is 1.43 bits per heavy atom. The molecule has 0 atom stereocenters. The number of fused-ring (bicyclic) bond motifs is 1. The fourth-order valence-corrected chi connectivity index (χ4v) is 3.39. The maximum Gasteiger partial charge on any atom is 0.140 e. The van der Waals surface area contributed by atoms with E-state index < -0.39 is 0 Å². The maximum atomic E-state index is 4.56. The van der Waals surface area contributed by atoms with E-state index in [1.165, 1.54) is 23.8 Å². The summed E-state index contributed by atoms with van der Waals surface area (Å²) in [6.45, 7) is 3.77. The Morgan fingerprint density at radius 3 is 3.10 bits per heavy atom. The molecule has 21 heavy (non-hydrogen) atoms. The van der Waals surface area contributed by atoms with E-state index >= 15 is 0 Å². The third-order valence-corrected chi connectivity index (χ3v) is 4.80. The number of hydrogen-bond acceptors (Lipinski definition) is 4. The number of nitrogens with zero attached hydrogens (tertiary/aromatic N) is 3. The molecular weight excluding hydrogens is 280 g/mol. The van der Waals surface area contributed by atoms with Crippen LogP contribution >= 0.6 is 11.3 Å². The van der Waals surface area contributed by atoms with Crippen molar-refractivity contribution in [2.75, 3.05) is 0 Å². The Bertz CT molecular complexity index is 770. The lowest BCUT2D eigenvalue weighted by Gasteiger charge is -2.01. The van der Waals surface area contributed by atoms with Crippen LogP contribution in [0.25, 0.3) is 11.0 Å². The van der Waals surface area contributed by atoms with Gasteiger partial charge in [-0.1, -0.05) is 0 Å². The molecule has 0 aliphatic heterocycles. The van der Waals surface area contributed by atoms with Crippen molar-refractivity contribution in [3.8, 4) is 0 Å². The number of hydrogen-bond donors (Lipinski definition) is 1. The molecule has 0 spiro atoms. The van der Waals surface area contributed by atoms with Crippen LogP contribution in [-0.4, -0.2) is 20.6 Å². The van der Waals surface area contributed by atoms with Crippen LogP contribution in [0.1, 0.15) is 29.1 Å². The van der Waals surface area contributed by atoms with Gasteiger partial charge in [0.2, 0.25) is 0 Å². The monoisotopic (exact) mass is 298 g/mol. The molecule has 3 aromatic rings. The molecule has 0 aromatic carbocycles. The van der Waals surface area contributed by atoms with Crippen molar-refractivity contribution in [1.29, 1.82) is 0 Å². The van der Waals surface area contributed by atoms with Gasteiger partial charge in [0.15, 0.2) is 0 Å². The molecule has 0 unspecified atom stereocenters. The molecule has 1 fully saturated rings. The summed E-state index contributed by atoms with van der Waals surface area (Å²) in [5.41, 5.74) is 3.48. The van der Waals surface area contributed by atoms with Crippen LogP contribution in [0, 0.1) is 6.92 Å². The van der Waals surface area contributed by atoms with Crippen molar-refractivity contribution in [3.05, 3.63) is 46.2 Å². The van der Waals surface area contributed by atoms with Gasteiger partial charge in [-0.15, -0.1) is 11.3 Å². The van der Waals surface area contributed by atoms with Crippen LogP contribution in [0.5, 0.6) is 0 Å². The van der Waals surface area contributed by atoms with Gasteiger partial charge < -0.3 is 9.88 Å². The first-order chi connectivity index (χ1) is 10.3. The molecule has 4 nitrogen and oxygen atoms in total. The zero-order chi connectivity index (χ0) is 14.2. The second-order valence-corrected chi connectivity index (χ2v) is 6.64. The maximum absolute atomic E-state index is 4.56. The minimum Gasteiger partial charge on any atom is -0.325 e. The highest BCUT2D eigenvalue weighted by atomic mass is 32.1. The molecule has 0 radical (unpaired) electrons. The van der Waals surface area contributed by atoms with Crippen LogP contribution < -0.4 is 5.32 Å². The molecule has 0 bridgehead atoms. The summed E-state index contributed by atoms with van der Waals surface area (Å²) in [4.78, 5) is 9.12. The van der Waals surface area contributed by atoms with Gasteiger partial charge in [0.1, 0.15) is 10.7 Å². The molecule has 0 saturated heterocycles. The lowest BCUT2D eigenvalue weighted by atomic mass is 10.2. The summed E-state index contributed by atoms with van der Waals surface area (Å²) in [5, 5.41) is 8.08. The number of pyridine rings is 1. The zero-order valence-corrected chi connectivity index (χ0v) is 12.9. The first kappa shape index (κ1) is 13.0. The van der Waals surface area contributed by atoms with Crippen molar-refractivity contribution in [2.45, 2.75) is 38.9 Å². The molecule has 4 rings (SSSR count). The number of thiazole rings is 1. The minimum absolute atomic E-state index is 0.724. The molecule has 108 valence electrons. The molecule has 3 heterocycles. The molecule has 3 aromatic heterocycles. The second kappa shape index (κ2) is 5.24. The average Bonchev–Trinajstić information content (AvgIpc) is 3.15. The molecular formula is C16H18N4S. The number of aryl methyl sites for hydroxylation is 1. The summed E-state index contributed by atoms with van der Waals surface area (Å²) < 4.78 is 2.22. The van der Waals surface area contributed by atoms with E-state index in [0.717, 1.165) is 35.5 Å². The Balaban J connectivity index is 1.66. The van der Waals surface area contributed by atoms with Crippen LogP contribution in [0.2, 0.25) is 0 Å². The normalized spacial score (nSPS) is 14.9. The van der Waals surface area contributed by atoms with Gasteiger partial charge in [-0.05, 0) is 37.5 Å². The van der Waals surface area contributed by atoms with E-state index in [1.807, 2.05) is 19.2 Å². The smallest absolute Gasteiger partial charge is 0.140 e. The quantitative estimate of drug-likeness (QED) is 0.787. The van der Waals surface area contributed by atoms with Crippen LogP contribution in [0.4, 0.5) is 0 Å². The Morgan fingerprint density at radius 2 is 2.33 bits per heavy atom. The van der Waals surface area contributed by atoms with Crippen LogP contribution in [-0.2, 0) is 13.1 Å². The number of nitrogens with one attached hydrogen (secondary N) is 1. The van der Waals surface area contributed by atoms with Crippen molar-refractivity contribution < 1.29 is 0 Å². The van der Waals surface area contributed by atoms with Gasteiger partial charge in [0.05, 0.1) is 6.54 Å². The van der Waals surface area contributed by atoms with E-state index in [0.29, 0.717) is 0 Å². The average molecular weight is 298 g/mol. The summed E-state index contributed by atoms with van der Waals surface area (Å²) in [7, 11) is 0. The van der Waals surface area contributed by atoms with E-state index in [9.17, 15) is 0 Å². The highest BCUT2D eigenvalue weighted by Gasteiger charge is 2.21. The topological polar surface area (TPSA) is 42.7 Å². The highest BCUT2D eigenvalue weighted by molar-refractivity contribution is 7.09. The third-order valence-electron chi connectivity index (χ3n) is 3.85.